The molecule has 16 heavy (non-hydrogen) atoms. The largest absolute Gasteiger partial charge is 0.508 e. The van der Waals surface area contributed by atoms with E-state index >= 15 is 0 Å². The molecule has 1 aromatic rings. The Balaban J connectivity index is 2.61. The van der Waals surface area contributed by atoms with Crippen LogP contribution in [0.3, 0.4) is 0 Å². The van der Waals surface area contributed by atoms with Crippen LogP contribution in [0.1, 0.15) is 50.8 Å². The molecule has 0 spiro atoms. The summed E-state index contributed by atoms with van der Waals surface area (Å²) in [6.45, 7) is 7.83. The summed E-state index contributed by atoms with van der Waals surface area (Å²) in [7, 11) is 0. The molecule has 2 N–H and O–H groups in total. The molecule has 0 radical (unpaired) electrons. The topological polar surface area (TPSA) is 40.5 Å². The minimum atomic E-state index is -0.988. The van der Waals surface area contributed by atoms with E-state index in [1.807, 2.05) is 12.1 Å². The van der Waals surface area contributed by atoms with E-state index in [2.05, 4.69) is 13.8 Å². The van der Waals surface area contributed by atoms with Gasteiger partial charge >= 0.3 is 0 Å². The van der Waals surface area contributed by atoms with Gasteiger partial charge in [-0.05, 0) is 55.4 Å². The zero-order chi connectivity index (χ0) is 12.1. The molecule has 0 saturated carbocycles. The van der Waals surface area contributed by atoms with Crippen LogP contribution < -0.4 is 0 Å². The third-order valence-electron chi connectivity index (χ3n) is 3.63. The van der Waals surface area contributed by atoms with Crippen molar-refractivity contribution >= 4 is 0 Å². The van der Waals surface area contributed by atoms with Gasteiger partial charge in [0.05, 0.1) is 5.60 Å². The molecule has 0 amide bonds. The molecule has 0 heterocycles. The van der Waals surface area contributed by atoms with Crippen molar-refractivity contribution in [2.24, 2.45) is 0 Å². The predicted octanol–water partition coefficient (Wildman–Crippen LogP) is 2.84. The maximum absolute atomic E-state index is 10.0. The fourth-order valence-electron chi connectivity index (χ4n) is 2.54. The lowest BCUT2D eigenvalue weighted by Crippen LogP contribution is -2.18. The summed E-state index contributed by atoms with van der Waals surface area (Å²) >= 11 is 0. The summed E-state index contributed by atoms with van der Waals surface area (Å²) < 4.78 is 0. The molecule has 2 nitrogen and oxygen atoms in total. The quantitative estimate of drug-likeness (QED) is 0.764. The molecule has 1 aromatic carbocycles. The second-order valence-corrected chi connectivity index (χ2v) is 5.97. The Morgan fingerprint density at radius 3 is 2.44 bits per heavy atom. The highest BCUT2D eigenvalue weighted by Crippen LogP contribution is 2.43. The van der Waals surface area contributed by atoms with Crippen molar-refractivity contribution in [2.75, 3.05) is 0 Å². The van der Waals surface area contributed by atoms with Crippen LogP contribution in [-0.2, 0) is 17.4 Å². The number of aromatic hydroxyl groups is 1. The van der Waals surface area contributed by atoms with Crippen LogP contribution in [0.4, 0.5) is 0 Å². The number of phenolic OH excluding ortho intramolecular Hbond substituents is 1. The van der Waals surface area contributed by atoms with Crippen LogP contribution in [-0.4, -0.2) is 10.2 Å². The first kappa shape index (κ1) is 11.5. The van der Waals surface area contributed by atoms with Gasteiger partial charge in [-0.15, -0.1) is 0 Å². The average Bonchev–Trinajstić information content (AvgIpc) is 2.39. The van der Waals surface area contributed by atoms with Gasteiger partial charge in [0, 0.05) is 5.56 Å². The minimum absolute atomic E-state index is 0.156. The Kier molecular flexibility index (Phi) is 2.32. The molecular weight excluding hydrogens is 200 g/mol. The molecule has 0 aliphatic heterocycles. The second kappa shape index (κ2) is 3.24. The number of phenols is 1. The number of aliphatic hydroxyl groups is 1. The highest BCUT2D eigenvalue weighted by Gasteiger charge is 2.32. The molecule has 0 saturated heterocycles. The standard InChI is InChI=1S/C14H20O2/c1-13(2)6-5-9-7-12(15)11(8-10(9)13)14(3,4)16/h7-8,15-16H,5-6H2,1-4H3. The molecule has 0 atom stereocenters. The summed E-state index contributed by atoms with van der Waals surface area (Å²) in [4.78, 5) is 0. The van der Waals surface area contributed by atoms with E-state index < -0.39 is 5.60 Å². The highest BCUT2D eigenvalue weighted by atomic mass is 16.3. The Bertz CT molecular complexity index is 424. The van der Waals surface area contributed by atoms with Gasteiger partial charge in [0.1, 0.15) is 5.75 Å². The normalized spacial score (nSPS) is 18.6. The van der Waals surface area contributed by atoms with E-state index in [1.54, 1.807) is 13.8 Å². The van der Waals surface area contributed by atoms with Crippen molar-refractivity contribution in [2.45, 2.75) is 51.6 Å². The van der Waals surface area contributed by atoms with Gasteiger partial charge in [0.2, 0.25) is 0 Å². The lowest BCUT2D eigenvalue weighted by Gasteiger charge is -2.24. The number of fused-ring (bicyclic) bond motifs is 1. The first-order valence-electron chi connectivity index (χ1n) is 5.81. The first-order valence-corrected chi connectivity index (χ1v) is 5.81. The number of hydrogen-bond donors (Lipinski definition) is 2. The molecule has 1 aliphatic rings. The summed E-state index contributed by atoms with van der Waals surface area (Å²) in [5.74, 6) is 0.212. The highest BCUT2D eigenvalue weighted by molar-refractivity contribution is 5.49. The van der Waals surface area contributed by atoms with Crippen molar-refractivity contribution in [3.05, 3.63) is 28.8 Å². The van der Waals surface area contributed by atoms with Gasteiger partial charge < -0.3 is 10.2 Å². The third-order valence-corrected chi connectivity index (χ3v) is 3.63. The Labute approximate surface area is 96.9 Å². The predicted molar refractivity (Wildman–Crippen MR) is 64.7 cm³/mol. The van der Waals surface area contributed by atoms with Gasteiger partial charge in [-0.1, -0.05) is 13.8 Å². The van der Waals surface area contributed by atoms with Crippen LogP contribution in [0.2, 0.25) is 0 Å². The van der Waals surface area contributed by atoms with E-state index in [4.69, 9.17) is 0 Å². The Morgan fingerprint density at radius 2 is 1.88 bits per heavy atom. The number of aryl methyl sites for hydroxylation is 1. The van der Waals surface area contributed by atoms with Crippen LogP contribution in [0.25, 0.3) is 0 Å². The minimum Gasteiger partial charge on any atom is -0.508 e. The third kappa shape index (κ3) is 1.71. The van der Waals surface area contributed by atoms with Crippen LogP contribution in [0.5, 0.6) is 5.75 Å². The molecule has 2 heteroatoms. The number of benzene rings is 1. The molecule has 0 bridgehead atoms. The van der Waals surface area contributed by atoms with Gasteiger partial charge in [-0.3, -0.25) is 0 Å². The molecule has 0 aromatic heterocycles. The van der Waals surface area contributed by atoms with Gasteiger partial charge in [-0.2, -0.15) is 0 Å². The smallest absolute Gasteiger partial charge is 0.121 e. The monoisotopic (exact) mass is 220 g/mol. The zero-order valence-corrected chi connectivity index (χ0v) is 10.5. The van der Waals surface area contributed by atoms with E-state index in [0.717, 1.165) is 12.8 Å². The fraction of sp³-hybridized carbons (Fsp3) is 0.571. The lowest BCUT2D eigenvalue weighted by atomic mass is 9.84. The van der Waals surface area contributed by atoms with Crippen molar-refractivity contribution in [1.29, 1.82) is 0 Å². The second-order valence-electron chi connectivity index (χ2n) is 5.97. The zero-order valence-electron chi connectivity index (χ0n) is 10.5. The molecule has 0 unspecified atom stereocenters. The number of hydrogen-bond acceptors (Lipinski definition) is 2. The maximum Gasteiger partial charge on any atom is 0.121 e. The summed E-state index contributed by atoms with van der Waals surface area (Å²) in [5.41, 5.74) is 2.28. The van der Waals surface area contributed by atoms with E-state index in [-0.39, 0.29) is 11.2 Å². The van der Waals surface area contributed by atoms with Crippen LogP contribution in [0, 0.1) is 0 Å². The maximum atomic E-state index is 10.0. The van der Waals surface area contributed by atoms with E-state index in [0.29, 0.717) is 5.56 Å². The van der Waals surface area contributed by atoms with Gasteiger partial charge in [-0.25, -0.2) is 0 Å². The van der Waals surface area contributed by atoms with E-state index in [9.17, 15) is 10.2 Å². The summed E-state index contributed by atoms with van der Waals surface area (Å²) in [6.07, 6.45) is 2.12. The van der Waals surface area contributed by atoms with Crippen molar-refractivity contribution in [3.8, 4) is 5.75 Å². The Hall–Kier alpha value is -1.02. The fourth-order valence-corrected chi connectivity index (χ4v) is 2.54. The van der Waals surface area contributed by atoms with Crippen LogP contribution in [0.15, 0.2) is 12.1 Å². The van der Waals surface area contributed by atoms with E-state index in [1.165, 1.54) is 11.1 Å². The average molecular weight is 220 g/mol. The summed E-state index contributed by atoms with van der Waals surface area (Å²) in [5, 5.41) is 19.9. The molecule has 0 fully saturated rings. The van der Waals surface area contributed by atoms with Crippen molar-refractivity contribution < 1.29 is 10.2 Å². The molecule has 2 rings (SSSR count). The van der Waals surface area contributed by atoms with Crippen molar-refractivity contribution in [3.63, 3.8) is 0 Å². The lowest BCUT2D eigenvalue weighted by molar-refractivity contribution is 0.0757. The van der Waals surface area contributed by atoms with Crippen molar-refractivity contribution in [1.82, 2.24) is 0 Å². The molecular formula is C14H20O2. The SMILES string of the molecule is CC(C)(O)c1cc2c(cc1O)CCC2(C)C. The Morgan fingerprint density at radius 1 is 1.25 bits per heavy atom. The van der Waals surface area contributed by atoms with Gasteiger partial charge in [0.25, 0.3) is 0 Å². The van der Waals surface area contributed by atoms with Crippen LogP contribution >= 0.6 is 0 Å². The number of rotatable bonds is 1. The molecule has 1 aliphatic carbocycles. The first-order chi connectivity index (χ1) is 7.22. The summed E-state index contributed by atoms with van der Waals surface area (Å²) in [6, 6.07) is 3.79. The molecule has 88 valence electrons. The van der Waals surface area contributed by atoms with Gasteiger partial charge in [0.15, 0.2) is 0 Å².